The van der Waals surface area contributed by atoms with E-state index in [1.165, 1.54) is 43.0 Å². The third-order valence-electron chi connectivity index (χ3n) is 4.21. The Labute approximate surface area is 108 Å². The van der Waals surface area contributed by atoms with Crippen molar-refractivity contribution in [2.75, 3.05) is 0 Å². The third kappa shape index (κ3) is 1.95. The van der Waals surface area contributed by atoms with Crippen molar-refractivity contribution < 1.29 is 5.11 Å². The summed E-state index contributed by atoms with van der Waals surface area (Å²) in [6, 6.07) is 9.07. The highest BCUT2D eigenvalue weighted by molar-refractivity contribution is 5.84. The molecule has 3 rings (SSSR count). The van der Waals surface area contributed by atoms with Crippen LogP contribution in [0, 0.1) is 0 Å². The monoisotopic (exact) mass is 243 g/mol. The maximum absolute atomic E-state index is 9.83. The molecule has 1 aromatic carbocycles. The average molecular weight is 243 g/mol. The summed E-state index contributed by atoms with van der Waals surface area (Å²) >= 11 is 0. The molecular formula is C16H21NO. The lowest BCUT2D eigenvalue weighted by atomic mass is 9.95. The summed E-state index contributed by atoms with van der Waals surface area (Å²) in [4.78, 5) is 0. The van der Waals surface area contributed by atoms with Gasteiger partial charge in [-0.15, -0.1) is 0 Å². The Morgan fingerprint density at radius 1 is 1.17 bits per heavy atom. The zero-order valence-electron chi connectivity index (χ0n) is 11.0. The van der Waals surface area contributed by atoms with Crippen molar-refractivity contribution in [2.24, 2.45) is 0 Å². The van der Waals surface area contributed by atoms with Crippen molar-refractivity contribution in [3.8, 4) is 0 Å². The van der Waals surface area contributed by atoms with Gasteiger partial charge in [0.1, 0.15) is 0 Å². The number of aromatic nitrogens is 1. The molecule has 0 bridgehead atoms. The van der Waals surface area contributed by atoms with Crippen LogP contribution in [0.5, 0.6) is 0 Å². The molecule has 1 N–H and O–H groups in total. The van der Waals surface area contributed by atoms with Gasteiger partial charge in [0.05, 0.1) is 6.10 Å². The molecule has 0 aliphatic heterocycles. The average Bonchev–Trinajstić information content (AvgIpc) is 2.83. The van der Waals surface area contributed by atoms with E-state index >= 15 is 0 Å². The molecule has 1 unspecified atom stereocenters. The Morgan fingerprint density at radius 2 is 1.94 bits per heavy atom. The van der Waals surface area contributed by atoms with Gasteiger partial charge in [0, 0.05) is 23.1 Å². The van der Waals surface area contributed by atoms with Crippen LogP contribution in [0.2, 0.25) is 0 Å². The molecule has 1 aliphatic carbocycles. The zero-order valence-corrected chi connectivity index (χ0v) is 11.0. The van der Waals surface area contributed by atoms with E-state index in [2.05, 4.69) is 29.0 Å². The minimum Gasteiger partial charge on any atom is -0.389 e. The number of benzene rings is 1. The van der Waals surface area contributed by atoms with Crippen LogP contribution in [0.15, 0.2) is 30.5 Å². The molecule has 0 radical (unpaired) electrons. The largest absolute Gasteiger partial charge is 0.389 e. The SMILES string of the molecule is CC(O)c1cccc2c1ccn2C1CCCCC1. The van der Waals surface area contributed by atoms with Crippen molar-refractivity contribution in [3.05, 3.63) is 36.0 Å². The van der Waals surface area contributed by atoms with E-state index in [1.807, 2.05) is 13.0 Å². The lowest BCUT2D eigenvalue weighted by molar-refractivity contribution is 0.201. The van der Waals surface area contributed by atoms with Gasteiger partial charge in [-0.2, -0.15) is 0 Å². The summed E-state index contributed by atoms with van der Waals surface area (Å²) in [6.07, 6.45) is 8.48. The normalized spacial score (nSPS) is 19.2. The van der Waals surface area contributed by atoms with E-state index < -0.39 is 6.10 Å². The molecule has 0 amide bonds. The van der Waals surface area contributed by atoms with Gasteiger partial charge in [0.2, 0.25) is 0 Å². The van der Waals surface area contributed by atoms with Crippen LogP contribution < -0.4 is 0 Å². The molecule has 0 spiro atoms. The Morgan fingerprint density at radius 3 is 2.67 bits per heavy atom. The first-order valence-corrected chi connectivity index (χ1v) is 7.05. The quantitative estimate of drug-likeness (QED) is 0.840. The van der Waals surface area contributed by atoms with Crippen LogP contribution in [0.4, 0.5) is 0 Å². The van der Waals surface area contributed by atoms with Gasteiger partial charge >= 0.3 is 0 Å². The summed E-state index contributed by atoms with van der Waals surface area (Å²) < 4.78 is 2.42. The second-order valence-electron chi connectivity index (χ2n) is 5.47. The molecule has 1 heterocycles. The number of hydrogen-bond acceptors (Lipinski definition) is 1. The van der Waals surface area contributed by atoms with E-state index in [0.29, 0.717) is 6.04 Å². The van der Waals surface area contributed by atoms with E-state index in [-0.39, 0.29) is 0 Å². The van der Waals surface area contributed by atoms with Crippen LogP contribution in [-0.4, -0.2) is 9.67 Å². The highest BCUT2D eigenvalue weighted by Crippen LogP contribution is 2.33. The summed E-state index contributed by atoms with van der Waals surface area (Å²) in [5.41, 5.74) is 2.32. The molecule has 0 saturated heterocycles. The number of rotatable bonds is 2. The Balaban J connectivity index is 2.06. The summed E-state index contributed by atoms with van der Waals surface area (Å²) in [7, 11) is 0. The van der Waals surface area contributed by atoms with Crippen molar-refractivity contribution in [2.45, 2.75) is 51.2 Å². The molecule has 2 aromatic rings. The first-order valence-electron chi connectivity index (χ1n) is 7.05. The Hall–Kier alpha value is -1.28. The molecule has 1 aliphatic rings. The molecule has 18 heavy (non-hydrogen) atoms. The fraction of sp³-hybridized carbons (Fsp3) is 0.500. The lowest BCUT2D eigenvalue weighted by Gasteiger charge is -2.24. The van der Waals surface area contributed by atoms with E-state index in [4.69, 9.17) is 0 Å². The maximum atomic E-state index is 9.83. The fourth-order valence-corrected chi connectivity index (χ4v) is 3.25. The predicted molar refractivity (Wildman–Crippen MR) is 74.7 cm³/mol. The van der Waals surface area contributed by atoms with Crippen LogP contribution in [0.3, 0.4) is 0 Å². The topological polar surface area (TPSA) is 25.2 Å². The maximum Gasteiger partial charge on any atom is 0.0768 e. The summed E-state index contributed by atoms with van der Waals surface area (Å²) in [6.45, 7) is 1.84. The van der Waals surface area contributed by atoms with Gasteiger partial charge < -0.3 is 9.67 Å². The third-order valence-corrected chi connectivity index (χ3v) is 4.21. The Kier molecular flexibility index (Phi) is 3.13. The number of fused-ring (bicyclic) bond motifs is 1. The second kappa shape index (κ2) is 4.77. The second-order valence-corrected chi connectivity index (χ2v) is 5.47. The van der Waals surface area contributed by atoms with Crippen molar-refractivity contribution in [1.82, 2.24) is 4.57 Å². The van der Waals surface area contributed by atoms with Gasteiger partial charge in [-0.05, 0) is 37.5 Å². The number of nitrogens with zero attached hydrogens (tertiary/aromatic N) is 1. The van der Waals surface area contributed by atoms with Gasteiger partial charge in [-0.1, -0.05) is 31.4 Å². The number of hydrogen-bond donors (Lipinski definition) is 1. The molecular weight excluding hydrogens is 222 g/mol. The first kappa shape index (κ1) is 11.8. The molecule has 96 valence electrons. The van der Waals surface area contributed by atoms with Crippen LogP contribution in [0.1, 0.15) is 56.7 Å². The summed E-state index contributed by atoms with van der Waals surface area (Å²) in [5, 5.41) is 11.0. The summed E-state index contributed by atoms with van der Waals surface area (Å²) in [5.74, 6) is 0. The van der Waals surface area contributed by atoms with Crippen molar-refractivity contribution >= 4 is 10.9 Å². The van der Waals surface area contributed by atoms with E-state index in [0.717, 1.165) is 5.56 Å². The first-order chi connectivity index (χ1) is 8.77. The van der Waals surface area contributed by atoms with Gasteiger partial charge in [0.25, 0.3) is 0 Å². The van der Waals surface area contributed by atoms with Gasteiger partial charge in [-0.25, -0.2) is 0 Å². The lowest BCUT2D eigenvalue weighted by Crippen LogP contribution is -2.11. The van der Waals surface area contributed by atoms with Crippen LogP contribution in [0.25, 0.3) is 10.9 Å². The standard InChI is InChI=1S/C16H21NO/c1-12(18)14-8-5-9-16-15(14)10-11-17(16)13-6-3-2-4-7-13/h5,8-13,18H,2-4,6-7H2,1H3. The smallest absolute Gasteiger partial charge is 0.0768 e. The number of aliphatic hydroxyl groups is 1. The van der Waals surface area contributed by atoms with Crippen LogP contribution in [-0.2, 0) is 0 Å². The molecule has 1 fully saturated rings. The van der Waals surface area contributed by atoms with Crippen molar-refractivity contribution in [1.29, 1.82) is 0 Å². The van der Waals surface area contributed by atoms with E-state index in [9.17, 15) is 5.11 Å². The highest BCUT2D eigenvalue weighted by atomic mass is 16.3. The fourth-order valence-electron chi connectivity index (χ4n) is 3.25. The van der Waals surface area contributed by atoms with Crippen molar-refractivity contribution in [3.63, 3.8) is 0 Å². The molecule has 1 saturated carbocycles. The minimum absolute atomic E-state index is 0.393. The van der Waals surface area contributed by atoms with Gasteiger partial charge in [0.15, 0.2) is 0 Å². The minimum atomic E-state index is -0.393. The molecule has 2 nitrogen and oxygen atoms in total. The molecule has 1 atom stereocenters. The molecule has 2 heteroatoms. The zero-order chi connectivity index (χ0) is 12.5. The Bertz CT molecular complexity index is 535. The van der Waals surface area contributed by atoms with E-state index in [1.54, 1.807) is 0 Å². The van der Waals surface area contributed by atoms with Crippen LogP contribution >= 0.6 is 0 Å². The number of aliphatic hydroxyl groups excluding tert-OH is 1. The molecule has 1 aromatic heterocycles. The van der Waals surface area contributed by atoms with Gasteiger partial charge in [-0.3, -0.25) is 0 Å². The predicted octanol–water partition coefficient (Wildman–Crippen LogP) is 4.20. The highest BCUT2D eigenvalue weighted by Gasteiger charge is 2.17.